The lowest BCUT2D eigenvalue weighted by Gasteiger charge is -2.60. The summed E-state index contributed by atoms with van der Waals surface area (Å²) in [4.78, 5) is 13.3. The van der Waals surface area contributed by atoms with Crippen molar-refractivity contribution in [3.05, 3.63) is 12.3 Å². The Hall–Kier alpha value is -1.07. The summed E-state index contributed by atoms with van der Waals surface area (Å²) in [6.07, 6.45) is 1.37. The molecule has 2 rings (SSSR count). The molecule has 2 heterocycles. The Balaban J connectivity index is 2.20. The van der Waals surface area contributed by atoms with Crippen LogP contribution in [0.5, 0.6) is 0 Å². The lowest BCUT2D eigenvalue weighted by atomic mass is 9.74. The van der Waals surface area contributed by atoms with Crippen LogP contribution in [0.2, 0.25) is 0 Å². The second kappa shape index (κ2) is 3.99. The molecule has 4 N–H and O–H groups in total. The Morgan fingerprint density at radius 2 is 2.41 bits per heavy atom. The van der Waals surface area contributed by atoms with Crippen molar-refractivity contribution >= 4 is 5.91 Å². The molecule has 0 aliphatic carbocycles. The van der Waals surface area contributed by atoms with Gasteiger partial charge in [0.2, 0.25) is 5.91 Å². The Kier molecular flexibility index (Phi) is 2.91. The summed E-state index contributed by atoms with van der Waals surface area (Å²) in [5.41, 5.74) is 6.16. The summed E-state index contributed by atoms with van der Waals surface area (Å²) >= 11 is 0. The van der Waals surface area contributed by atoms with E-state index >= 15 is 0 Å². The summed E-state index contributed by atoms with van der Waals surface area (Å²) in [5, 5.41) is 13.1. The van der Waals surface area contributed by atoms with Gasteiger partial charge in [-0.2, -0.15) is 0 Å². The van der Waals surface area contributed by atoms with Crippen molar-refractivity contribution in [1.82, 2.24) is 10.2 Å². The van der Waals surface area contributed by atoms with E-state index in [1.807, 2.05) is 11.8 Å². The molecule has 0 aromatic rings. The number of carbonyl (C=O) groups is 1. The van der Waals surface area contributed by atoms with Gasteiger partial charge in [-0.05, 0) is 33.2 Å². The van der Waals surface area contributed by atoms with Crippen molar-refractivity contribution < 1.29 is 9.90 Å². The molecule has 1 amide bonds. The molecule has 4 atom stereocenters. The van der Waals surface area contributed by atoms with Crippen molar-refractivity contribution in [3.63, 3.8) is 0 Å². The first-order chi connectivity index (χ1) is 7.92. The van der Waals surface area contributed by atoms with Crippen molar-refractivity contribution in [2.45, 2.75) is 50.4 Å². The number of nitrogens with zero attached hydrogens (tertiary/aromatic N) is 1. The first-order valence-corrected chi connectivity index (χ1v) is 6.12. The zero-order chi connectivity index (χ0) is 12.8. The molecular weight excluding hydrogens is 218 g/mol. The average molecular weight is 239 g/mol. The van der Waals surface area contributed by atoms with E-state index in [0.29, 0.717) is 0 Å². The molecule has 2 fully saturated rings. The smallest absolute Gasteiger partial charge is 0.242 e. The molecule has 0 bridgehead atoms. The van der Waals surface area contributed by atoms with Gasteiger partial charge in [0.15, 0.2) is 0 Å². The van der Waals surface area contributed by atoms with E-state index in [-0.39, 0.29) is 11.6 Å². The number of aliphatic hydroxyl groups excluding tert-OH is 1. The van der Waals surface area contributed by atoms with Crippen LogP contribution >= 0.6 is 0 Å². The van der Waals surface area contributed by atoms with E-state index in [1.54, 1.807) is 6.92 Å². The van der Waals surface area contributed by atoms with Crippen LogP contribution in [0.4, 0.5) is 0 Å². The van der Waals surface area contributed by atoms with Crippen molar-refractivity contribution in [2.75, 3.05) is 6.54 Å². The maximum atomic E-state index is 11.4. The fourth-order valence-corrected chi connectivity index (χ4v) is 3.26. The summed E-state index contributed by atoms with van der Waals surface area (Å²) in [7, 11) is 0. The normalized spacial score (nSPS) is 35.8. The molecule has 5 heteroatoms. The van der Waals surface area contributed by atoms with Gasteiger partial charge in [-0.25, -0.2) is 0 Å². The van der Waals surface area contributed by atoms with E-state index in [2.05, 4.69) is 11.9 Å². The van der Waals surface area contributed by atoms with Crippen LogP contribution in [-0.4, -0.2) is 46.2 Å². The highest BCUT2D eigenvalue weighted by molar-refractivity contribution is 5.81. The molecule has 2 unspecified atom stereocenters. The third-order valence-corrected chi connectivity index (χ3v) is 4.19. The van der Waals surface area contributed by atoms with Crippen LogP contribution in [0.3, 0.4) is 0 Å². The first-order valence-electron chi connectivity index (χ1n) is 6.12. The van der Waals surface area contributed by atoms with Crippen molar-refractivity contribution in [3.8, 4) is 0 Å². The molecule has 0 aromatic carbocycles. The largest absolute Gasteiger partial charge is 0.391 e. The van der Waals surface area contributed by atoms with Gasteiger partial charge in [-0.15, -0.1) is 0 Å². The average Bonchev–Trinajstić information content (AvgIpc) is 2.74. The van der Waals surface area contributed by atoms with Crippen LogP contribution in [-0.2, 0) is 4.79 Å². The van der Waals surface area contributed by atoms with Crippen LogP contribution in [0.15, 0.2) is 12.3 Å². The SMILES string of the molecule is C=C1N([C@H](C(N)=O)[C@@H](C)O)C(C)C12CCCN2. The van der Waals surface area contributed by atoms with Gasteiger partial charge < -0.3 is 21.1 Å². The van der Waals surface area contributed by atoms with E-state index in [1.165, 1.54) is 0 Å². The lowest BCUT2D eigenvalue weighted by molar-refractivity contribution is -0.132. The van der Waals surface area contributed by atoms with Crippen LogP contribution in [0.1, 0.15) is 26.7 Å². The Labute approximate surface area is 102 Å². The predicted octanol–water partition coefficient (Wildman–Crippen LogP) is -0.439. The van der Waals surface area contributed by atoms with E-state index in [9.17, 15) is 9.90 Å². The molecule has 96 valence electrons. The van der Waals surface area contributed by atoms with Gasteiger partial charge in [-0.1, -0.05) is 6.58 Å². The predicted molar refractivity (Wildman–Crippen MR) is 65.1 cm³/mol. The Bertz CT molecular complexity index is 348. The number of hydrogen-bond donors (Lipinski definition) is 3. The number of hydrogen-bond acceptors (Lipinski definition) is 4. The van der Waals surface area contributed by atoms with Crippen LogP contribution < -0.4 is 11.1 Å². The third-order valence-electron chi connectivity index (χ3n) is 4.19. The Morgan fingerprint density at radius 1 is 1.76 bits per heavy atom. The molecular formula is C12H21N3O2. The molecule has 1 spiro atoms. The van der Waals surface area contributed by atoms with Gasteiger partial charge in [0.05, 0.1) is 17.7 Å². The Morgan fingerprint density at radius 3 is 2.76 bits per heavy atom. The summed E-state index contributed by atoms with van der Waals surface area (Å²) < 4.78 is 0. The van der Waals surface area contributed by atoms with Gasteiger partial charge in [0.25, 0.3) is 0 Å². The minimum absolute atomic E-state index is 0.0808. The molecule has 5 nitrogen and oxygen atoms in total. The number of likely N-dealkylation sites (tertiary alicyclic amines) is 1. The molecule has 0 radical (unpaired) electrons. The number of carbonyl (C=O) groups excluding carboxylic acids is 1. The van der Waals surface area contributed by atoms with Gasteiger partial charge >= 0.3 is 0 Å². The highest BCUT2D eigenvalue weighted by Crippen LogP contribution is 2.46. The van der Waals surface area contributed by atoms with Crippen LogP contribution in [0, 0.1) is 0 Å². The van der Waals surface area contributed by atoms with Gasteiger partial charge in [0, 0.05) is 5.70 Å². The molecule has 0 saturated carbocycles. The van der Waals surface area contributed by atoms with Gasteiger partial charge in [0.1, 0.15) is 6.04 Å². The molecule has 2 aliphatic heterocycles. The topological polar surface area (TPSA) is 78.6 Å². The van der Waals surface area contributed by atoms with Crippen LogP contribution in [0.25, 0.3) is 0 Å². The molecule has 17 heavy (non-hydrogen) atoms. The molecule has 2 aliphatic rings. The highest BCUT2D eigenvalue weighted by Gasteiger charge is 2.57. The number of nitrogens with one attached hydrogen (secondary N) is 1. The fourth-order valence-electron chi connectivity index (χ4n) is 3.26. The first kappa shape index (κ1) is 12.4. The maximum absolute atomic E-state index is 11.4. The number of amides is 1. The van der Waals surface area contributed by atoms with Crippen molar-refractivity contribution in [1.29, 1.82) is 0 Å². The fraction of sp³-hybridized carbons (Fsp3) is 0.750. The molecule has 2 saturated heterocycles. The standard InChI is InChI=1S/C12H21N3O2/c1-7(16)10(11(13)17)15-8(2)12(9(15)3)5-4-6-14-12/h7,9-10,14,16H,2,4-6H2,1,3H3,(H2,13,17)/t7-,9?,10+,12?/m1/s1. The maximum Gasteiger partial charge on any atom is 0.242 e. The lowest BCUT2D eigenvalue weighted by Crippen LogP contribution is -2.75. The van der Waals surface area contributed by atoms with Gasteiger partial charge in [-0.3, -0.25) is 4.79 Å². The minimum Gasteiger partial charge on any atom is -0.391 e. The summed E-state index contributed by atoms with van der Waals surface area (Å²) in [5.74, 6) is -0.499. The zero-order valence-electron chi connectivity index (χ0n) is 10.4. The van der Waals surface area contributed by atoms with E-state index in [4.69, 9.17) is 5.73 Å². The quantitative estimate of drug-likeness (QED) is 0.624. The minimum atomic E-state index is -0.787. The van der Waals surface area contributed by atoms with E-state index in [0.717, 1.165) is 25.1 Å². The zero-order valence-corrected chi connectivity index (χ0v) is 10.4. The summed E-state index contributed by atoms with van der Waals surface area (Å²) in [6.45, 7) is 8.67. The number of aliphatic hydroxyl groups is 1. The van der Waals surface area contributed by atoms with Crippen molar-refractivity contribution in [2.24, 2.45) is 5.73 Å². The second-order valence-corrected chi connectivity index (χ2v) is 5.12. The third kappa shape index (κ3) is 1.57. The summed E-state index contributed by atoms with van der Waals surface area (Å²) in [6, 6.07) is -0.532. The highest BCUT2D eigenvalue weighted by atomic mass is 16.3. The number of rotatable bonds is 3. The monoisotopic (exact) mass is 239 g/mol. The number of primary amides is 1. The second-order valence-electron chi connectivity index (χ2n) is 5.12. The van der Waals surface area contributed by atoms with E-state index < -0.39 is 18.1 Å². The number of nitrogens with two attached hydrogens (primary N) is 1. The molecule has 0 aromatic heterocycles.